The normalized spacial score (nSPS) is 17.7. The van der Waals surface area contributed by atoms with E-state index in [0.717, 1.165) is 24.9 Å². The maximum Gasteiger partial charge on any atom is 0.317 e. The highest BCUT2D eigenvalue weighted by atomic mass is 16.2. The van der Waals surface area contributed by atoms with Crippen molar-refractivity contribution >= 4 is 22.7 Å². The Morgan fingerprint density at radius 3 is 2.75 bits per heavy atom. The number of hydrogen-bond acceptors (Lipinski definition) is 2. The van der Waals surface area contributed by atoms with Crippen molar-refractivity contribution in [2.75, 3.05) is 13.1 Å². The average molecular weight is 325 g/mol. The first kappa shape index (κ1) is 16.3. The van der Waals surface area contributed by atoms with E-state index in [9.17, 15) is 9.59 Å². The monoisotopic (exact) mass is 325 g/mol. The average Bonchev–Trinajstić information content (AvgIpc) is 2.59. The maximum atomic E-state index is 12.4. The van der Waals surface area contributed by atoms with Crippen LogP contribution in [0, 0.1) is 5.92 Å². The topological polar surface area (TPSA) is 75.4 Å². The van der Waals surface area contributed by atoms with Gasteiger partial charge in [0.25, 0.3) is 0 Å². The van der Waals surface area contributed by atoms with Gasteiger partial charge in [-0.15, -0.1) is 0 Å². The Morgan fingerprint density at radius 2 is 1.96 bits per heavy atom. The third kappa shape index (κ3) is 4.04. The number of likely N-dealkylation sites (tertiary alicyclic amines) is 1. The number of nitrogens with one attached hydrogen (secondary N) is 1. The van der Waals surface area contributed by atoms with Crippen molar-refractivity contribution in [2.24, 2.45) is 11.7 Å². The Balaban J connectivity index is 1.56. The van der Waals surface area contributed by atoms with Crippen molar-refractivity contribution in [2.45, 2.75) is 25.8 Å². The minimum atomic E-state index is -0.293. The summed E-state index contributed by atoms with van der Waals surface area (Å²) in [5.41, 5.74) is 6.34. The van der Waals surface area contributed by atoms with E-state index in [0.29, 0.717) is 19.5 Å². The molecule has 0 spiro atoms. The molecule has 2 aromatic rings. The number of urea groups is 1. The van der Waals surface area contributed by atoms with Gasteiger partial charge in [-0.05, 0) is 41.2 Å². The fraction of sp³-hybridized carbons (Fsp3) is 0.368. The van der Waals surface area contributed by atoms with Gasteiger partial charge in [-0.1, -0.05) is 36.4 Å². The van der Waals surface area contributed by atoms with E-state index >= 15 is 0 Å². The Morgan fingerprint density at radius 1 is 1.17 bits per heavy atom. The summed E-state index contributed by atoms with van der Waals surface area (Å²) in [6, 6.07) is 14.3. The van der Waals surface area contributed by atoms with Crippen LogP contribution >= 0.6 is 0 Å². The first-order chi connectivity index (χ1) is 11.6. The van der Waals surface area contributed by atoms with E-state index in [-0.39, 0.29) is 17.9 Å². The number of amides is 3. The molecule has 1 aliphatic rings. The van der Waals surface area contributed by atoms with Crippen LogP contribution in [0.2, 0.25) is 0 Å². The van der Waals surface area contributed by atoms with Gasteiger partial charge < -0.3 is 16.0 Å². The quantitative estimate of drug-likeness (QED) is 0.907. The lowest BCUT2D eigenvalue weighted by Gasteiger charge is -2.32. The summed E-state index contributed by atoms with van der Waals surface area (Å²) >= 11 is 0. The van der Waals surface area contributed by atoms with Gasteiger partial charge in [-0.2, -0.15) is 0 Å². The fourth-order valence-electron chi connectivity index (χ4n) is 3.34. The van der Waals surface area contributed by atoms with Crippen LogP contribution in [0.5, 0.6) is 0 Å². The number of carbonyl (C=O) groups is 2. The van der Waals surface area contributed by atoms with Crippen LogP contribution < -0.4 is 11.1 Å². The highest BCUT2D eigenvalue weighted by molar-refractivity contribution is 5.83. The van der Waals surface area contributed by atoms with Gasteiger partial charge in [0.05, 0.1) is 0 Å². The molecule has 0 saturated carbocycles. The highest BCUT2D eigenvalue weighted by Crippen LogP contribution is 2.20. The minimum Gasteiger partial charge on any atom is -0.370 e. The second-order valence-corrected chi connectivity index (χ2v) is 6.46. The van der Waals surface area contributed by atoms with Gasteiger partial charge in [0.2, 0.25) is 5.91 Å². The SMILES string of the molecule is NC(=O)CC1CCCN(C(=O)NCc2ccc3ccccc3c2)C1. The molecule has 0 bridgehead atoms. The predicted molar refractivity (Wildman–Crippen MR) is 94.3 cm³/mol. The first-order valence-electron chi connectivity index (χ1n) is 8.40. The fourth-order valence-corrected chi connectivity index (χ4v) is 3.34. The van der Waals surface area contributed by atoms with Crippen molar-refractivity contribution in [3.63, 3.8) is 0 Å². The number of benzene rings is 2. The number of primary amides is 1. The van der Waals surface area contributed by atoms with E-state index in [2.05, 4.69) is 29.6 Å². The lowest BCUT2D eigenvalue weighted by molar-refractivity contribution is -0.119. The first-order valence-corrected chi connectivity index (χ1v) is 8.40. The molecule has 0 aliphatic carbocycles. The zero-order valence-corrected chi connectivity index (χ0v) is 13.7. The van der Waals surface area contributed by atoms with Gasteiger partial charge in [-0.3, -0.25) is 4.79 Å². The number of piperidine rings is 1. The largest absolute Gasteiger partial charge is 0.370 e. The lowest BCUT2D eigenvalue weighted by Crippen LogP contribution is -2.45. The molecule has 3 amide bonds. The van der Waals surface area contributed by atoms with Gasteiger partial charge in [0, 0.05) is 26.1 Å². The lowest BCUT2D eigenvalue weighted by atomic mass is 9.95. The molecule has 1 atom stereocenters. The van der Waals surface area contributed by atoms with E-state index in [1.807, 2.05) is 18.2 Å². The molecule has 1 fully saturated rings. The molecule has 2 aromatic carbocycles. The second kappa shape index (κ2) is 7.34. The molecular weight excluding hydrogens is 302 g/mol. The molecule has 0 aromatic heterocycles. The van der Waals surface area contributed by atoms with Crippen LogP contribution in [-0.4, -0.2) is 29.9 Å². The zero-order chi connectivity index (χ0) is 16.9. The summed E-state index contributed by atoms with van der Waals surface area (Å²) < 4.78 is 0. The molecule has 0 radical (unpaired) electrons. The van der Waals surface area contributed by atoms with Crippen molar-refractivity contribution in [3.8, 4) is 0 Å². The predicted octanol–water partition coefficient (Wildman–Crippen LogP) is 2.64. The molecule has 5 heteroatoms. The van der Waals surface area contributed by atoms with Gasteiger partial charge >= 0.3 is 6.03 Å². The van der Waals surface area contributed by atoms with Crippen LogP contribution in [0.15, 0.2) is 42.5 Å². The second-order valence-electron chi connectivity index (χ2n) is 6.46. The number of rotatable bonds is 4. The van der Waals surface area contributed by atoms with Crippen LogP contribution in [0.1, 0.15) is 24.8 Å². The molecule has 1 heterocycles. The van der Waals surface area contributed by atoms with Crippen molar-refractivity contribution in [1.29, 1.82) is 0 Å². The van der Waals surface area contributed by atoms with Gasteiger partial charge in [-0.25, -0.2) is 4.79 Å². The van der Waals surface area contributed by atoms with Crippen molar-refractivity contribution in [3.05, 3.63) is 48.0 Å². The smallest absolute Gasteiger partial charge is 0.317 e. The molecule has 126 valence electrons. The summed E-state index contributed by atoms with van der Waals surface area (Å²) in [7, 11) is 0. The molecule has 5 nitrogen and oxygen atoms in total. The third-order valence-corrected chi connectivity index (χ3v) is 4.55. The Kier molecular flexibility index (Phi) is 4.99. The number of hydrogen-bond donors (Lipinski definition) is 2. The van der Waals surface area contributed by atoms with Crippen LogP contribution in [0.3, 0.4) is 0 Å². The summed E-state index contributed by atoms with van der Waals surface area (Å²) in [6.07, 6.45) is 2.23. The standard InChI is InChI=1S/C19H23N3O2/c20-18(23)11-15-4-3-9-22(13-15)19(24)21-12-14-7-8-16-5-1-2-6-17(16)10-14/h1-2,5-8,10,15H,3-4,9,11-13H2,(H2,20,23)(H,21,24). The minimum absolute atomic E-state index is 0.0719. The van der Waals surface area contributed by atoms with E-state index < -0.39 is 0 Å². The van der Waals surface area contributed by atoms with Crippen LogP contribution in [0.25, 0.3) is 10.8 Å². The Labute approximate surface area is 141 Å². The molecular formula is C19H23N3O2. The summed E-state index contributed by atoms with van der Waals surface area (Å²) in [4.78, 5) is 25.2. The molecule has 1 unspecified atom stereocenters. The van der Waals surface area contributed by atoms with E-state index in [1.165, 1.54) is 10.8 Å². The number of nitrogens with two attached hydrogens (primary N) is 1. The molecule has 1 saturated heterocycles. The van der Waals surface area contributed by atoms with Crippen LogP contribution in [0.4, 0.5) is 4.79 Å². The highest BCUT2D eigenvalue weighted by Gasteiger charge is 2.24. The molecule has 1 aliphatic heterocycles. The maximum absolute atomic E-state index is 12.4. The molecule has 24 heavy (non-hydrogen) atoms. The summed E-state index contributed by atoms with van der Waals surface area (Å²) in [6.45, 7) is 1.84. The van der Waals surface area contributed by atoms with Crippen LogP contribution in [-0.2, 0) is 11.3 Å². The van der Waals surface area contributed by atoms with Crippen molar-refractivity contribution < 1.29 is 9.59 Å². The zero-order valence-electron chi connectivity index (χ0n) is 13.7. The van der Waals surface area contributed by atoms with Gasteiger partial charge in [0.1, 0.15) is 0 Å². The van der Waals surface area contributed by atoms with Crippen molar-refractivity contribution in [1.82, 2.24) is 10.2 Å². The number of nitrogens with zero attached hydrogens (tertiary/aromatic N) is 1. The molecule has 3 rings (SSSR count). The number of carbonyl (C=O) groups excluding carboxylic acids is 2. The van der Waals surface area contributed by atoms with Gasteiger partial charge in [0.15, 0.2) is 0 Å². The molecule has 3 N–H and O–H groups in total. The summed E-state index contributed by atoms with van der Waals surface area (Å²) in [5.74, 6) is -0.110. The number of fused-ring (bicyclic) bond motifs is 1. The summed E-state index contributed by atoms with van der Waals surface area (Å²) in [5, 5.41) is 5.34. The third-order valence-electron chi connectivity index (χ3n) is 4.55. The van der Waals surface area contributed by atoms with E-state index in [1.54, 1.807) is 4.90 Å². The Bertz CT molecular complexity index is 744. The van der Waals surface area contributed by atoms with E-state index in [4.69, 9.17) is 5.73 Å². The Hall–Kier alpha value is -2.56.